The van der Waals surface area contributed by atoms with Gasteiger partial charge in [-0.1, -0.05) is 6.07 Å². The van der Waals surface area contributed by atoms with E-state index < -0.39 is 6.10 Å². The number of fused-ring (bicyclic) bond motifs is 1. The highest BCUT2D eigenvalue weighted by Crippen LogP contribution is 2.32. The predicted molar refractivity (Wildman–Crippen MR) is 76.3 cm³/mol. The molecule has 1 aliphatic rings. The predicted octanol–water partition coefficient (Wildman–Crippen LogP) is 1.51. The summed E-state index contributed by atoms with van der Waals surface area (Å²) in [5.41, 5.74) is 0.824. The van der Waals surface area contributed by atoms with Gasteiger partial charge in [0.05, 0.1) is 12.7 Å². The standard InChI is InChI=1S/C15H23NO4/c1-3-18-10-11(2)16-9-13(17)12-4-5-14-15(8-12)20-7-6-19-14/h4-5,8,11,13,16-17H,3,6-7,9-10H2,1-2H3. The molecule has 1 aromatic carbocycles. The lowest BCUT2D eigenvalue weighted by molar-refractivity contribution is 0.115. The van der Waals surface area contributed by atoms with Crippen molar-refractivity contribution in [2.24, 2.45) is 0 Å². The molecule has 0 saturated heterocycles. The van der Waals surface area contributed by atoms with E-state index in [0.717, 1.165) is 11.3 Å². The summed E-state index contributed by atoms with van der Waals surface area (Å²) >= 11 is 0. The molecule has 0 bridgehead atoms. The quantitative estimate of drug-likeness (QED) is 0.793. The molecule has 0 saturated carbocycles. The lowest BCUT2D eigenvalue weighted by Gasteiger charge is -2.21. The fourth-order valence-corrected chi connectivity index (χ4v) is 2.05. The highest BCUT2D eigenvalue weighted by molar-refractivity contribution is 5.44. The van der Waals surface area contributed by atoms with E-state index in [1.165, 1.54) is 0 Å². The monoisotopic (exact) mass is 281 g/mol. The minimum atomic E-state index is -0.574. The van der Waals surface area contributed by atoms with Crippen molar-refractivity contribution in [2.75, 3.05) is 33.0 Å². The molecule has 0 amide bonds. The van der Waals surface area contributed by atoms with Gasteiger partial charge in [-0.25, -0.2) is 0 Å². The Morgan fingerprint density at radius 1 is 1.30 bits per heavy atom. The Hall–Kier alpha value is -1.30. The van der Waals surface area contributed by atoms with E-state index >= 15 is 0 Å². The Balaban J connectivity index is 1.87. The summed E-state index contributed by atoms with van der Waals surface area (Å²) < 4.78 is 16.3. The highest BCUT2D eigenvalue weighted by atomic mass is 16.6. The smallest absolute Gasteiger partial charge is 0.161 e. The number of aliphatic hydroxyl groups excluding tert-OH is 1. The summed E-state index contributed by atoms with van der Waals surface area (Å²) in [4.78, 5) is 0. The second-order valence-electron chi connectivity index (χ2n) is 4.89. The van der Waals surface area contributed by atoms with Crippen LogP contribution in [0.5, 0.6) is 11.5 Å². The van der Waals surface area contributed by atoms with Crippen LogP contribution < -0.4 is 14.8 Å². The van der Waals surface area contributed by atoms with E-state index in [9.17, 15) is 5.11 Å². The van der Waals surface area contributed by atoms with Gasteiger partial charge in [0.15, 0.2) is 11.5 Å². The number of hydrogen-bond acceptors (Lipinski definition) is 5. The van der Waals surface area contributed by atoms with Gasteiger partial charge in [-0.15, -0.1) is 0 Å². The molecular weight excluding hydrogens is 258 g/mol. The van der Waals surface area contributed by atoms with Gasteiger partial charge in [-0.05, 0) is 31.5 Å². The van der Waals surface area contributed by atoms with Gasteiger partial charge in [0.2, 0.25) is 0 Å². The summed E-state index contributed by atoms with van der Waals surface area (Å²) in [6.45, 7) is 6.96. The molecule has 0 spiro atoms. The minimum absolute atomic E-state index is 0.210. The van der Waals surface area contributed by atoms with Crippen molar-refractivity contribution in [2.45, 2.75) is 26.0 Å². The zero-order valence-corrected chi connectivity index (χ0v) is 12.1. The number of nitrogens with one attached hydrogen (secondary N) is 1. The molecule has 5 nitrogen and oxygen atoms in total. The molecule has 112 valence electrons. The average Bonchev–Trinajstić information content (AvgIpc) is 2.50. The Morgan fingerprint density at radius 2 is 2.05 bits per heavy atom. The van der Waals surface area contributed by atoms with Crippen molar-refractivity contribution < 1.29 is 19.3 Å². The summed E-state index contributed by atoms with van der Waals surface area (Å²) in [5, 5.41) is 13.4. The maximum Gasteiger partial charge on any atom is 0.161 e. The summed E-state index contributed by atoms with van der Waals surface area (Å²) in [6.07, 6.45) is -0.574. The molecule has 1 aliphatic heterocycles. The Labute approximate surface area is 119 Å². The van der Waals surface area contributed by atoms with Gasteiger partial charge in [0.1, 0.15) is 13.2 Å². The van der Waals surface area contributed by atoms with E-state index in [1.54, 1.807) is 0 Å². The first-order valence-corrected chi connectivity index (χ1v) is 7.09. The average molecular weight is 281 g/mol. The third-order valence-corrected chi connectivity index (χ3v) is 3.18. The van der Waals surface area contributed by atoms with Gasteiger partial charge in [-0.3, -0.25) is 0 Å². The van der Waals surface area contributed by atoms with Gasteiger partial charge < -0.3 is 24.6 Å². The number of aliphatic hydroxyl groups is 1. The van der Waals surface area contributed by atoms with Crippen LogP contribution in [0.2, 0.25) is 0 Å². The van der Waals surface area contributed by atoms with Crippen LogP contribution >= 0.6 is 0 Å². The van der Waals surface area contributed by atoms with Crippen LogP contribution in [-0.2, 0) is 4.74 Å². The topological polar surface area (TPSA) is 60.0 Å². The molecule has 0 fully saturated rings. The lowest BCUT2D eigenvalue weighted by Crippen LogP contribution is -2.34. The van der Waals surface area contributed by atoms with Crippen molar-refractivity contribution >= 4 is 0 Å². The van der Waals surface area contributed by atoms with E-state index in [-0.39, 0.29) is 6.04 Å². The molecule has 1 aromatic rings. The summed E-state index contributed by atoms with van der Waals surface area (Å²) in [6, 6.07) is 5.76. The largest absolute Gasteiger partial charge is 0.486 e. The van der Waals surface area contributed by atoms with Crippen molar-refractivity contribution in [3.63, 3.8) is 0 Å². The van der Waals surface area contributed by atoms with Gasteiger partial charge in [0, 0.05) is 19.2 Å². The van der Waals surface area contributed by atoms with Crippen LogP contribution in [0.4, 0.5) is 0 Å². The molecule has 2 N–H and O–H groups in total. The molecule has 5 heteroatoms. The zero-order valence-electron chi connectivity index (χ0n) is 12.1. The van der Waals surface area contributed by atoms with Crippen molar-refractivity contribution in [1.29, 1.82) is 0 Å². The molecular formula is C15H23NO4. The maximum absolute atomic E-state index is 10.2. The minimum Gasteiger partial charge on any atom is -0.486 e. The van der Waals surface area contributed by atoms with E-state index in [2.05, 4.69) is 5.32 Å². The van der Waals surface area contributed by atoms with Crippen LogP contribution in [-0.4, -0.2) is 44.1 Å². The first-order valence-electron chi connectivity index (χ1n) is 7.09. The Bertz CT molecular complexity index is 424. The van der Waals surface area contributed by atoms with Gasteiger partial charge in [0.25, 0.3) is 0 Å². The third-order valence-electron chi connectivity index (χ3n) is 3.18. The number of benzene rings is 1. The van der Waals surface area contributed by atoms with E-state index in [0.29, 0.717) is 38.7 Å². The molecule has 0 aromatic heterocycles. The molecule has 2 unspecified atom stereocenters. The van der Waals surface area contributed by atoms with E-state index in [1.807, 2.05) is 32.0 Å². The molecule has 2 rings (SSSR count). The summed E-state index contributed by atoms with van der Waals surface area (Å²) in [5.74, 6) is 1.44. The first kappa shape index (κ1) is 15.1. The normalized spacial score (nSPS) is 16.8. The van der Waals surface area contributed by atoms with Crippen molar-refractivity contribution in [1.82, 2.24) is 5.32 Å². The van der Waals surface area contributed by atoms with Gasteiger partial charge in [-0.2, -0.15) is 0 Å². The van der Waals surface area contributed by atoms with Crippen LogP contribution in [0, 0.1) is 0 Å². The fraction of sp³-hybridized carbons (Fsp3) is 0.600. The molecule has 2 atom stereocenters. The van der Waals surface area contributed by atoms with Crippen LogP contribution in [0.3, 0.4) is 0 Å². The van der Waals surface area contributed by atoms with Crippen LogP contribution in [0.1, 0.15) is 25.5 Å². The van der Waals surface area contributed by atoms with Crippen molar-refractivity contribution in [3.05, 3.63) is 23.8 Å². The van der Waals surface area contributed by atoms with Crippen molar-refractivity contribution in [3.8, 4) is 11.5 Å². The molecule has 20 heavy (non-hydrogen) atoms. The number of ether oxygens (including phenoxy) is 3. The fourth-order valence-electron chi connectivity index (χ4n) is 2.05. The molecule has 0 aliphatic carbocycles. The third kappa shape index (κ3) is 4.10. The second kappa shape index (κ2) is 7.47. The van der Waals surface area contributed by atoms with E-state index in [4.69, 9.17) is 14.2 Å². The first-order chi connectivity index (χ1) is 9.70. The zero-order chi connectivity index (χ0) is 14.4. The second-order valence-corrected chi connectivity index (χ2v) is 4.89. The lowest BCUT2D eigenvalue weighted by atomic mass is 10.1. The molecule has 1 heterocycles. The Kier molecular flexibility index (Phi) is 5.64. The van der Waals surface area contributed by atoms with Crippen LogP contribution in [0.25, 0.3) is 0 Å². The SMILES string of the molecule is CCOCC(C)NCC(O)c1ccc2c(c1)OCCO2. The number of rotatable bonds is 7. The number of hydrogen-bond donors (Lipinski definition) is 2. The van der Waals surface area contributed by atoms with Crippen LogP contribution in [0.15, 0.2) is 18.2 Å². The molecule has 0 radical (unpaired) electrons. The summed E-state index contributed by atoms with van der Waals surface area (Å²) in [7, 11) is 0. The maximum atomic E-state index is 10.2. The Morgan fingerprint density at radius 3 is 2.80 bits per heavy atom. The van der Waals surface area contributed by atoms with Gasteiger partial charge >= 0.3 is 0 Å². The highest BCUT2D eigenvalue weighted by Gasteiger charge is 2.15.